The van der Waals surface area contributed by atoms with E-state index in [1.54, 1.807) is 0 Å². The van der Waals surface area contributed by atoms with Crippen molar-refractivity contribution in [3.63, 3.8) is 0 Å². The summed E-state index contributed by atoms with van der Waals surface area (Å²) in [5, 5.41) is 2.22. The Morgan fingerprint density at radius 1 is 1.33 bits per heavy atom. The van der Waals surface area contributed by atoms with Crippen molar-refractivity contribution in [2.45, 2.75) is 6.18 Å². The number of halogens is 3. The zero-order valence-corrected chi connectivity index (χ0v) is 8.06. The molecule has 0 spiro atoms. The van der Waals surface area contributed by atoms with Gasteiger partial charge in [-0.1, -0.05) is 0 Å². The van der Waals surface area contributed by atoms with Gasteiger partial charge in [-0.05, 0) is 6.07 Å². The lowest BCUT2D eigenvalue weighted by Gasteiger charge is -2.11. The fourth-order valence-corrected chi connectivity index (χ4v) is 1.04. The van der Waals surface area contributed by atoms with Crippen molar-refractivity contribution in [3.8, 4) is 5.75 Å². The molecule has 1 rings (SSSR count). The van der Waals surface area contributed by atoms with Crippen LogP contribution in [0.1, 0.15) is 0 Å². The van der Waals surface area contributed by atoms with E-state index in [0.29, 0.717) is 11.4 Å². The average Bonchev–Trinajstić information content (AvgIpc) is 2.13. The highest BCUT2D eigenvalue weighted by atomic mass is 19.4. The Morgan fingerprint density at radius 2 is 2.00 bits per heavy atom. The van der Waals surface area contributed by atoms with Crippen LogP contribution in [-0.2, 0) is 0 Å². The van der Waals surface area contributed by atoms with Crippen molar-refractivity contribution < 1.29 is 17.9 Å². The first-order valence-electron chi connectivity index (χ1n) is 4.16. The minimum atomic E-state index is -4.25. The molecule has 0 unspecified atom stereocenters. The molecule has 0 amide bonds. The smallest absolute Gasteiger partial charge is 0.405 e. The Labute approximate surface area is 85.0 Å². The quantitative estimate of drug-likeness (QED) is 0.768. The highest BCUT2D eigenvalue weighted by molar-refractivity contribution is 5.59. The van der Waals surface area contributed by atoms with Crippen molar-refractivity contribution in [2.24, 2.45) is 0 Å². The number of alkyl halides is 3. The highest BCUT2D eigenvalue weighted by Crippen LogP contribution is 2.23. The molecule has 0 atom stereocenters. The van der Waals surface area contributed by atoms with Gasteiger partial charge in [-0.3, -0.25) is 0 Å². The second-order valence-corrected chi connectivity index (χ2v) is 2.96. The molecule has 15 heavy (non-hydrogen) atoms. The monoisotopic (exact) mass is 220 g/mol. The van der Waals surface area contributed by atoms with Crippen LogP contribution in [-0.4, -0.2) is 19.8 Å². The molecule has 0 fully saturated rings. The summed E-state index contributed by atoms with van der Waals surface area (Å²) in [7, 11) is 1.42. The fraction of sp³-hybridized carbons (Fsp3) is 0.333. The van der Waals surface area contributed by atoms with Crippen LogP contribution >= 0.6 is 0 Å². The first-order valence-corrected chi connectivity index (χ1v) is 4.16. The molecule has 0 aromatic heterocycles. The maximum Gasteiger partial charge on any atom is 0.405 e. The molecule has 1 aromatic carbocycles. The molecular formula is C9H11F3N2O. The summed E-state index contributed by atoms with van der Waals surface area (Å²) < 4.78 is 40.6. The van der Waals surface area contributed by atoms with E-state index in [4.69, 9.17) is 10.5 Å². The van der Waals surface area contributed by atoms with Crippen LogP contribution in [0, 0.1) is 0 Å². The van der Waals surface area contributed by atoms with E-state index in [1.807, 2.05) is 0 Å². The number of anilines is 2. The summed E-state index contributed by atoms with van der Waals surface area (Å²) in [6, 6.07) is 4.38. The van der Waals surface area contributed by atoms with Crippen LogP contribution in [0.5, 0.6) is 5.75 Å². The molecule has 0 heterocycles. The summed E-state index contributed by atoms with van der Waals surface area (Å²) in [5.41, 5.74) is 6.10. The van der Waals surface area contributed by atoms with Crippen molar-refractivity contribution in [1.29, 1.82) is 0 Å². The average molecular weight is 220 g/mol. The highest BCUT2D eigenvalue weighted by Gasteiger charge is 2.26. The van der Waals surface area contributed by atoms with Crippen LogP contribution in [0.4, 0.5) is 24.5 Å². The minimum Gasteiger partial charge on any atom is -0.497 e. The fourth-order valence-electron chi connectivity index (χ4n) is 1.04. The van der Waals surface area contributed by atoms with Gasteiger partial charge in [0.1, 0.15) is 12.3 Å². The minimum absolute atomic E-state index is 0.282. The van der Waals surface area contributed by atoms with E-state index in [9.17, 15) is 13.2 Å². The third-order valence-corrected chi connectivity index (χ3v) is 1.66. The van der Waals surface area contributed by atoms with Gasteiger partial charge in [-0.25, -0.2) is 0 Å². The maximum absolute atomic E-state index is 11.9. The van der Waals surface area contributed by atoms with Gasteiger partial charge in [0.15, 0.2) is 0 Å². The molecule has 0 aliphatic heterocycles. The van der Waals surface area contributed by atoms with Gasteiger partial charge in [-0.2, -0.15) is 13.2 Å². The number of benzene rings is 1. The number of hydrogen-bond donors (Lipinski definition) is 2. The van der Waals surface area contributed by atoms with Crippen LogP contribution in [0.2, 0.25) is 0 Å². The lowest BCUT2D eigenvalue weighted by Crippen LogP contribution is -2.21. The van der Waals surface area contributed by atoms with Crippen molar-refractivity contribution in [3.05, 3.63) is 18.2 Å². The van der Waals surface area contributed by atoms with E-state index in [2.05, 4.69) is 5.32 Å². The van der Waals surface area contributed by atoms with Crippen molar-refractivity contribution in [1.82, 2.24) is 0 Å². The Morgan fingerprint density at radius 3 is 2.53 bits per heavy atom. The first-order chi connectivity index (χ1) is 6.90. The molecule has 84 valence electrons. The Hall–Kier alpha value is -1.59. The first kappa shape index (κ1) is 11.5. The van der Waals surface area contributed by atoms with Crippen molar-refractivity contribution >= 4 is 11.4 Å². The molecule has 0 aliphatic rings. The van der Waals surface area contributed by atoms with Crippen LogP contribution < -0.4 is 15.8 Å². The third-order valence-electron chi connectivity index (χ3n) is 1.66. The summed E-state index contributed by atoms with van der Waals surface area (Å²) in [6.07, 6.45) is -4.25. The Bertz CT molecular complexity index is 339. The lowest BCUT2D eigenvalue weighted by molar-refractivity contribution is -0.115. The summed E-state index contributed by atoms with van der Waals surface area (Å²) >= 11 is 0. The number of nitrogens with two attached hydrogens (primary N) is 1. The van der Waals surface area contributed by atoms with E-state index < -0.39 is 12.7 Å². The van der Waals surface area contributed by atoms with Gasteiger partial charge in [0, 0.05) is 23.5 Å². The number of hydrogen-bond acceptors (Lipinski definition) is 3. The van der Waals surface area contributed by atoms with Crippen molar-refractivity contribution in [2.75, 3.05) is 24.7 Å². The van der Waals surface area contributed by atoms with E-state index >= 15 is 0 Å². The molecule has 3 N–H and O–H groups in total. The SMILES string of the molecule is COc1cc(N)cc(NCC(F)(F)F)c1. The summed E-state index contributed by atoms with van der Waals surface area (Å²) in [6.45, 7) is -1.10. The molecule has 0 saturated heterocycles. The second kappa shape index (κ2) is 4.29. The molecule has 6 heteroatoms. The van der Waals surface area contributed by atoms with E-state index in [-0.39, 0.29) is 5.69 Å². The van der Waals surface area contributed by atoms with Crippen LogP contribution in [0.3, 0.4) is 0 Å². The number of methoxy groups -OCH3 is 1. The van der Waals surface area contributed by atoms with E-state index in [1.165, 1.54) is 25.3 Å². The molecule has 0 saturated carbocycles. The molecule has 0 bridgehead atoms. The Balaban J connectivity index is 2.73. The maximum atomic E-state index is 11.9. The van der Waals surface area contributed by atoms with Gasteiger partial charge < -0.3 is 15.8 Å². The standard InChI is InChI=1S/C9H11F3N2O/c1-15-8-3-6(13)2-7(4-8)14-5-9(10,11)12/h2-4,14H,5,13H2,1H3. The number of rotatable bonds is 3. The molecule has 1 aromatic rings. The van der Waals surface area contributed by atoms with Gasteiger partial charge >= 0.3 is 6.18 Å². The van der Waals surface area contributed by atoms with Gasteiger partial charge in [0.05, 0.1) is 7.11 Å². The van der Waals surface area contributed by atoms with Gasteiger partial charge in [-0.15, -0.1) is 0 Å². The summed E-state index contributed by atoms with van der Waals surface area (Å²) in [5.74, 6) is 0.416. The molecule has 0 radical (unpaired) electrons. The topological polar surface area (TPSA) is 47.3 Å². The van der Waals surface area contributed by atoms with E-state index in [0.717, 1.165) is 0 Å². The number of nitrogens with one attached hydrogen (secondary N) is 1. The lowest BCUT2D eigenvalue weighted by atomic mass is 10.2. The van der Waals surface area contributed by atoms with Gasteiger partial charge in [0.25, 0.3) is 0 Å². The zero-order chi connectivity index (χ0) is 11.5. The summed E-state index contributed by atoms with van der Waals surface area (Å²) in [4.78, 5) is 0. The Kier molecular flexibility index (Phi) is 3.28. The predicted octanol–water partition coefficient (Wildman–Crippen LogP) is 2.25. The molecule has 0 aliphatic carbocycles. The largest absolute Gasteiger partial charge is 0.497 e. The van der Waals surface area contributed by atoms with Gasteiger partial charge in [0.2, 0.25) is 0 Å². The predicted molar refractivity (Wildman–Crippen MR) is 52.0 cm³/mol. The normalized spacial score (nSPS) is 11.2. The third kappa shape index (κ3) is 3.97. The second-order valence-electron chi connectivity index (χ2n) is 2.96. The number of nitrogen functional groups attached to an aromatic ring is 1. The number of ether oxygens (including phenoxy) is 1. The molecule has 3 nitrogen and oxygen atoms in total. The zero-order valence-electron chi connectivity index (χ0n) is 8.06. The molecular weight excluding hydrogens is 209 g/mol. The van der Waals surface area contributed by atoms with Crippen LogP contribution in [0.15, 0.2) is 18.2 Å². The van der Waals surface area contributed by atoms with Crippen LogP contribution in [0.25, 0.3) is 0 Å².